The van der Waals surface area contributed by atoms with E-state index in [1.54, 1.807) is 6.07 Å². The Morgan fingerprint density at radius 1 is 1.56 bits per heavy atom. The Morgan fingerprint density at radius 2 is 2.19 bits per heavy atom. The number of piperidine rings is 1. The van der Waals surface area contributed by atoms with Crippen LogP contribution >= 0.6 is 0 Å². The summed E-state index contributed by atoms with van der Waals surface area (Å²) in [6, 6.07) is 0.620. The van der Waals surface area contributed by atoms with Crippen LogP contribution in [0.15, 0.2) is 0 Å². The first-order valence-electron chi connectivity index (χ1n) is 5.04. The Hall–Kier alpha value is -1.13. The van der Waals surface area contributed by atoms with Crippen molar-refractivity contribution in [2.75, 3.05) is 6.54 Å². The zero-order valence-corrected chi connectivity index (χ0v) is 9.77. The van der Waals surface area contributed by atoms with Crippen LogP contribution < -0.4 is 0 Å². The minimum absolute atomic E-state index is 0.186. The van der Waals surface area contributed by atoms with Crippen LogP contribution in [-0.4, -0.2) is 41.6 Å². The molecule has 2 atom stereocenters. The second-order valence-corrected chi connectivity index (χ2v) is 5.98. The summed E-state index contributed by atoms with van der Waals surface area (Å²) in [6.45, 7) is 1.45. The maximum Gasteiger partial charge on any atom is 0.322 e. The van der Waals surface area contributed by atoms with Gasteiger partial charge in [-0.15, -0.1) is 0 Å². The molecule has 0 bridgehead atoms. The van der Waals surface area contributed by atoms with E-state index in [0.29, 0.717) is 19.3 Å². The molecule has 1 saturated heterocycles. The van der Waals surface area contributed by atoms with Crippen molar-refractivity contribution in [3.63, 3.8) is 0 Å². The topological polar surface area (TPSA) is 98.5 Å². The van der Waals surface area contributed by atoms with Crippen molar-refractivity contribution in [2.45, 2.75) is 37.5 Å². The predicted molar refractivity (Wildman–Crippen MR) is 56.0 cm³/mol. The van der Waals surface area contributed by atoms with Crippen molar-refractivity contribution in [3.05, 3.63) is 0 Å². The second kappa shape index (κ2) is 4.80. The van der Waals surface area contributed by atoms with Crippen molar-refractivity contribution in [2.24, 2.45) is 0 Å². The Labute approximate surface area is 94.5 Å². The molecule has 6 nitrogen and oxygen atoms in total. The zero-order chi connectivity index (χ0) is 12.3. The fourth-order valence-electron chi connectivity index (χ4n) is 1.73. The standard InChI is InChI=1S/C9H14N2O4S/c1-7(6-10)16(14,15)11-5-3-2-4-8(11)9(12)13/h7-8H,2-5H2,1H3,(H,12,13). The van der Waals surface area contributed by atoms with Gasteiger partial charge in [-0.05, 0) is 26.2 Å². The molecule has 0 aromatic heterocycles. The van der Waals surface area contributed by atoms with Crippen molar-refractivity contribution in [1.82, 2.24) is 4.31 Å². The third kappa shape index (κ3) is 2.33. The molecule has 1 N–H and O–H groups in total. The van der Waals surface area contributed by atoms with Gasteiger partial charge < -0.3 is 5.11 Å². The van der Waals surface area contributed by atoms with Crippen LogP contribution in [0.5, 0.6) is 0 Å². The molecule has 0 aliphatic carbocycles. The average Bonchev–Trinajstić information content (AvgIpc) is 2.27. The van der Waals surface area contributed by atoms with Gasteiger partial charge in [0, 0.05) is 6.54 Å². The van der Waals surface area contributed by atoms with Gasteiger partial charge >= 0.3 is 5.97 Å². The fraction of sp³-hybridized carbons (Fsp3) is 0.778. The van der Waals surface area contributed by atoms with Crippen LogP contribution in [0.25, 0.3) is 0 Å². The minimum atomic E-state index is -3.81. The van der Waals surface area contributed by atoms with Crippen molar-refractivity contribution in [3.8, 4) is 6.07 Å². The van der Waals surface area contributed by atoms with Crippen LogP contribution in [0.3, 0.4) is 0 Å². The molecule has 0 aromatic carbocycles. The third-order valence-electron chi connectivity index (χ3n) is 2.69. The molecule has 0 saturated carbocycles. The summed E-state index contributed by atoms with van der Waals surface area (Å²) in [4.78, 5) is 10.9. The number of hydrogen-bond acceptors (Lipinski definition) is 4. The van der Waals surface area contributed by atoms with Crippen LogP contribution in [0.1, 0.15) is 26.2 Å². The largest absolute Gasteiger partial charge is 0.480 e. The predicted octanol–water partition coefficient (Wildman–Crippen LogP) is 0.167. The monoisotopic (exact) mass is 246 g/mol. The van der Waals surface area contributed by atoms with Crippen LogP contribution in [0.2, 0.25) is 0 Å². The highest BCUT2D eigenvalue weighted by atomic mass is 32.2. The number of hydrogen-bond donors (Lipinski definition) is 1. The molecule has 1 fully saturated rings. The SMILES string of the molecule is CC(C#N)S(=O)(=O)N1CCCCC1C(=O)O. The van der Waals surface area contributed by atoms with E-state index in [1.807, 2.05) is 0 Å². The van der Waals surface area contributed by atoms with Gasteiger partial charge in [0.1, 0.15) is 6.04 Å². The quantitative estimate of drug-likeness (QED) is 0.765. The summed E-state index contributed by atoms with van der Waals surface area (Å²) in [5, 5.41) is 16.4. The van der Waals surface area contributed by atoms with Crippen LogP contribution in [-0.2, 0) is 14.8 Å². The van der Waals surface area contributed by atoms with Crippen LogP contribution in [0, 0.1) is 11.3 Å². The summed E-state index contributed by atoms with van der Waals surface area (Å²) in [7, 11) is -3.81. The van der Waals surface area contributed by atoms with E-state index in [1.165, 1.54) is 6.92 Å². The van der Waals surface area contributed by atoms with Gasteiger partial charge in [-0.3, -0.25) is 4.79 Å². The zero-order valence-electron chi connectivity index (χ0n) is 8.96. The van der Waals surface area contributed by atoms with E-state index in [4.69, 9.17) is 10.4 Å². The van der Waals surface area contributed by atoms with E-state index in [-0.39, 0.29) is 6.54 Å². The lowest BCUT2D eigenvalue weighted by Crippen LogP contribution is -2.50. The Balaban J connectivity index is 3.01. The third-order valence-corrected chi connectivity index (χ3v) is 4.78. The van der Waals surface area contributed by atoms with Gasteiger partial charge in [-0.2, -0.15) is 9.57 Å². The van der Waals surface area contributed by atoms with Gasteiger partial charge in [-0.1, -0.05) is 0 Å². The van der Waals surface area contributed by atoms with Gasteiger partial charge in [0.25, 0.3) is 0 Å². The van der Waals surface area contributed by atoms with Gasteiger partial charge in [0.15, 0.2) is 5.25 Å². The van der Waals surface area contributed by atoms with Crippen molar-refractivity contribution < 1.29 is 18.3 Å². The first kappa shape index (κ1) is 12.9. The first-order chi connectivity index (χ1) is 7.41. The summed E-state index contributed by atoms with van der Waals surface area (Å²) in [6.07, 6.45) is 1.65. The second-order valence-electron chi connectivity index (χ2n) is 3.78. The van der Waals surface area contributed by atoms with E-state index in [2.05, 4.69) is 0 Å². The summed E-state index contributed by atoms with van der Waals surface area (Å²) in [5.74, 6) is -1.14. The normalized spacial score (nSPS) is 24.6. The highest BCUT2D eigenvalue weighted by Gasteiger charge is 2.39. The molecule has 0 radical (unpaired) electrons. The van der Waals surface area contributed by atoms with Gasteiger partial charge in [0.05, 0.1) is 6.07 Å². The Kier molecular flexibility index (Phi) is 3.88. The summed E-state index contributed by atoms with van der Waals surface area (Å²) < 4.78 is 24.7. The molecule has 0 aromatic rings. The highest BCUT2D eigenvalue weighted by molar-refractivity contribution is 7.90. The molecule has 90 valence electrons. The number of rotatable bonds is 3. The first-order valence-corrected chi connectivity index (χ1v) is 6.54. The molecular formula is C9H14N2O4S. The molecule has 2 unspecified atom stereocenters. The van der Waals surface area contributed by atoms with Gasteiger partial charge in [0.2, 0.25) is 10.0 Å². The minimum Gasteiger partial charge on any atom is -0.480 e. The molecule has 1 aliphatic heterocycles. The highest BCUT2D eigenvalue weighted by Crippen LogP contribution is 2.22. The maximum absolute atomic E-state index is 11.9. The number of nitrogens with zero attached hydrogens (tertiary/aromatic N) is 2. The van der Waals surface area contributed by atoms with Crippen molar-refractivity contribution >= 4 is 16.0 Å². The average molecular weight is 246 g/mol. The number of carbonyl (C=O) groups is 1. The molecular weight excluding hydrogens is 232 g/mol. The molecule has 0 spiro atoms. The number of carboxylic acid groups (broad SMARTS) is 1. The van der Waals surface area contributed by atoms with E-state index < -0.39 is 27.3 Å². The van der Waals surface area contributed by atoms with Gasteiger partial charge in [-0.25, -0.2) is 8.42 Å². The lowest BCUT2D eigenvalue weighted by molar-refractivity contribution is -0.142. The van der Waals surface area contributed by atoms with Crippen LogP contribution in [0.4, 0.5) is 0 Å². The Morgan fingerprint density at radius 3 is 2.69 bits per heavy atom. The van der Waals surface area contributed by atoms with E-state index in [0.717, 1.165) is 4.31 Å². The van der Waals surface area contributed by atoms with E-state index >= 15 is 0 Å². The lowest BCUT2D eigenvalue weighted by Gasteiger charge is -2.32. The smallest absolute Gasteiger partial charge is 0.322 e. The van der Waals surface area contributed by atoms with Crippen molar-refractivity contribution in [1.29, 1.82) is 5.26 Å². The number of carboxylic acids is 1. The molecule has 1 aliphatic rings. The number of nitriles is 1. The summed E-state index contributed by atoms with van der Waals surface area (Å²) in [5.41, 5.74) is 0. The molecule has 1 heterocycles. The molecule has 16 heavy (non-hydrogen) atoms. The van der Waals surface area contributed by atoms with E-state index in [9.17, 15) is 13.2 Å². The maximum atomic E-state index is 11.9. The Bertz CT molecular complexity index is 412. The lowest BCUT2D eigenvalue weighted by atomic mass is 10.1. The molecule has 1 rings (SSSR count). The summed E-state index contributed by atoms with van der Waals surface area (Å²) >= 11 is 0. The fourth-order valence-corrected chi connectivity index (χ4v) is 3.20. The molecule has 7 heteroatoms. The number of sulfonamides is 1. The molecule has 0 amide bonds. The number of aliphatic carboxylic acids is 1.